The maximum atomic E-state index is 10.3. The van der Waals surface area contributed by atoms with Gasteiger partial charge in [0.25, 0.3) is 0 Å². The van der Waals surface area contributed by atoms with Crippen LogP contribution in [0.4, 0.5) is 0 Å². The van der Waals surface area contributed by atoms with E-state index >= 15 is 0 Å². The molecular formula is C16H23N3O2. The largest absolute Gasteiger partial charge is 0.494 e. The standard InChI is InChI=1S/C16H23N3O2/c1-3-9-19-16(17-12-18-19)11-15(20)13-5-7-14(8-6-13)21-10-4-2/h5-8,12,15,20H,3-4,9-11H2,1-2H3. The van der Waals surface area contributed by atoms with Gasteiger partial charge in [-0.1, -0.05) is 26.0 Å². The van der Waals surface area contributed by atoms with E-state index in [-0.39, 0.29) is 0 Å². The van der Waals surface area contributed by atoms with Gasteiger partial charge in [-0.2, -0.15) is 5.10 Å². The van der Waals surface area contributed by atoms with Gasteiger partial charge in [-0.3, -0.25) is 4.68 Å². The molecule has 0 saturated carbocycles. The summed E-state index contributed by atoms with van der Waals surface area (Å²) >= 11 is 0. The molecule has 5 nitrogen and oxygen atoms in total. The Kier molecular flexibility index (Phi) is 5.75. The lowest BCUT2D eigenvalue weighted by molar-refractivity contribution is 0.173. The van der Waals surface area contributed by atoms with E-state index in [1.54, 1.807) is 6.33 Å². The van der Waals surface area contributed by atoms with Crippen LogP contribution in [0.3, 0.4) is 0 Å². The molecule has 1 heterocycles. The van der Waals surface area contributed by atoms with Crippen molar-refractivity contribution in [1.82, 2.24) is 14.8 Å². The highest BCUT2D eigenvalue weighted by Crippen LogP contribution is 2.20. The Morgan fingerprint density at radius 1 is 1.19 bits per heavy atom. The second kappa shape index (κ2) is 7.78. The van der Waals surface area contributed by atoms with Gasteiger partial charge < -0.3 is 9.84 Å². The van der Waals surface area contributed by atoms with Gasteiger partial charge in [-0.05, 0) is 30.5 Å². The lowest BCUT2D eigenvalue weighted by atomic mass is 10.1. The summed E-state index contributed by atoms with van der Waals surface area (Å²) < 4.78 is 7.39. The molecule has 0 saturated heterocycles. The Bertz CT molecular complexity index is 537. The predicted molar refractivity (Wildman–Crippen MR) is 81.2 cm³/mol. The Morgan fingerprint density at radius 2 is 1.95 bits per heavy atom. The number of aryl methyl sites for hydroxylation is 1. The normalized spacial score (nSPS) is 12.3. The molecule has 5 heteroatoms. The molecule has 21 heavy (non-hydrogen) atoms. The van der Waals surface area contributed by atoms with Crippen LogP contribution in [0.15, 0.2) is 30.6 Å². The van der Waals surface area contributed by atoms with E-state index in [9.17, 15) is 5.11 Å². The van der Waals surface area contributed by atoms with Crippen molar-refractivity contribution in [2.45, 2.75) is 45.8 Å². The zero-order valence-electron chi connectivity index (χ0n) is 12.7. The Hall–Kier alpha value is -1.88. The number of hydrogen-bond donors (Lipinski definition) is 1. The molecule has 0 fully saturated rings. The van der Waals surface area contributed by atoms with Crippen LogP contribution < -0.4 is 4.74 Å². The summed E-state index contributed by atoms with van der Waals surface area (Å²) in [5.74, 6) is 1.65. The molecule has 1 N–H and O–H groups in total. The van der Waals surface area contributed by atoms with Gasteiger partial charge in [0.15, 0.2) is 0 Å². The third-order valence-electron chi connectivity index (χ3n) is 3.24. The molecule has 0 amide bonds. The molecule has 0 bridgehead atoms. The summed E-state index contributed by atoms with van der Waals surface area (Å²) in [5.41, 5.74) is 0.866. The summed E-state index contributed by atoms with van der Waals surface area (Å²) in [6, 6.07) is 7.59. The lowest BCUT2D eigenvalue weighted by Gasteiger charge is -2.12. The van der Waals surface area contributed by atoms with E-state index in [0.29, 0.717) is 13.0 Å². The Balaban J connectivity index is 1.99. The van der Waals surface area contributed by atoms with E-state index in [2.05, 4.69) is 23.9 Å². The van der Waals surface area contributed by atoms with Gasteiger partial charge in [0.1, 0.15) is 17.9 Å². The van der Waals surface area contributed by atoms with E-state index in [0.717, 1.165) is 36.5 Å². The number of ether oxygens (including phenoxy) is 1. The molecule has 2 aromatic rings. The molecule has 1 unspecified atom stereocenters. The smallest absolute Gasteiger partial charge is 0.138 e. The molecule has 0 aliphatic carbocycles. The summed E-state index contributed by atoms with van der Waals surface area (Å²) in [6.07, 6.45) is 3.41. The highest BCUT2D eigenvalue weighted by molar-refractivity contribution is 5.28. The number of aromatic nitrogens is 3. The number of aliphatic hydroxyl groups excluding tert-OH is 1. The molecular weight excluding hydrogens is 266 g/mol. The van der Waals surface area contributed by atoms with Crippen molar-refractivity contribution in [3.8, 4) is 5.75 Å². The van der Waals surface area contributed by atoms with Crippen molar-refractivity contribution < 1.29 is 9.84 Å². The van der Waals surface area contributed by atoms with Crippen LogP contribution in [-0.4, -0.2) is 26.5 Å². The molecule has 0 spiro atoms. The van der Waals surface area contributed by atoms with Crippen LogP contribution >= 0.6 is 0 Å². The number of benzene rings is 1. The van der Waals surface area contributed by atoms with Gasteiger partial charge in [-0.15, -0.1) is 0 Å². The van der Waals surface area contributed by atoms with Crippen molar-refractivity contribution in [1.29, 1.82) is 0 Å². The quantitative estimate of drug-likeness (QED) is 0.811. The van der Waals surface area contributed by atoms with E-state index in [4.69, 9.17) is 4.74 Å². The maximum Gasteiger partial charge on any atom is 0.138 e. The minimum Gasteiger partial charge on any atom is -0.494 e. The average Bonchev–Trinajstić information content (AvgIpc) is 2.93. The molecule has 1 aromatic carbocycles. The van der Waals surface area contributed by atoms with Crippen LogP contribution in [0.1, 0.15) is 44.2 Å². The summed E-state index contributed by atoms with van der Waals surface area (Å²) in [4.78, 5) is 4.23. The third-order valence-corrected chi connectivity index (χ3v) is 3.24. The van der Waals surface area contributed by atoms with E-state index < -0.39 is 6.10 Å². The third kappa shape index (κ3) is 4.29. The minimum absolute atomic E-state index is 0.467. The van der Waals surface area contributed by atoms with Crippen molar-refractivity contribution in [3.05, 3.63) is 42.0 Å². The van der Waals surface area contributed by atoms with E-state index in [1.165, 1.54) is 0 Å². The second-order valence-corrected chi connectivity index (χ2v) is 5.04. The highest BCUT2D eigenvalue weighted by Gasteiger charge is 2.13. The summed E-state index contributed by atoms with van der Waals surface area (Å²) in [7, 11) is 0. The molecule has 0 aliphatic rings. The first kappa shape index (κ1) is 15.5. The van der Waals surface area contributed by atoms with Crippen molar-refractivity contribution in [2.75, 3.05) is 6.61 Å². The predicted octanol–water partition coefficient (Wildman–Crippen LogP) is 2.75. The zero-order chi connectivity index (χ0) is 15.1. The number of rotatable bonds is 8. The number of nitrogens with zero attached hydrogens (tertiary/aromatic N) is 3. The summed E-state index contributed by atoms with van der Waals surface area (Å²) in [5, 5.41) is 14.5. The van der Waals surface area contributed by atoms with Crippen LogP contribution in [-0.2, 0) is 13.0 Å². The minimum atomic E-state index is -0.579. The monoisotopic (exact) mass is 289 g/mol. The maximum absolute atomic E-state index is 10.3. The fourth-order valence-electron chi connectivity index (χ4n) is 2.14. The van der Waals surface area contributed by atoms with Crippen LogP contribution in [0, 0.1) is 0 Å². The average molecular weight is 289 g/mol. The summed E-state index contributed by atoms with van der Waals surface area (Å²) in [6.45, 7) is 5.70. The second-order valence-electron chi connectivity index (χ2n) is 5.04. The molecule has 2 rings (SSSR count). The lowest BCUT2D eigenvalue weighted by Crippen LogP contribution is -2.10. The Morgan fingerprint density at radius 3 is 2.62 bits per heavy atom. The topological polar surface area (TPSA) is 60.2 Å². The Labute approximate surface area is 125 Å². The van der Waals surface area contributed by atoms with Crippen LogP contribution in [0.5, 0.6) is 5.75 Å². The van der Waals surface area contributed by atoms with Gasteiger partial charge in [0.2, 0.25) is 0 Å². The zero-order valence-corrected chi connectivity index (χ0v) is 12.7. The molecule has 1 aromatic heterocycles. The first-order valence-corrected chi connectivity index (χ1v) is 7.52. The van der Waals surface area contributed by atoms with Gasteiger partial charge in [0, 0.05) is 13.0 Å². The molecule has 114 valence electrons. The van der Waals surface area contributed by atoms with Gasteiger partial charge in [0.05, 0.1) is 12.7 Å². The van der Waals surface area contributed by atoms with Gasteiger partial charge in [-0.25, -0.2) is 4.98 Å². The fraction of sp³-hybridized carbons (Fsp3) is 0.500. The molecule has 0 radical (unpaired) electrons. The van der Waals surface area contributed by atoms with Crippen molar-refractivity contribution in [3.63, 3.8) is 0 Å². The first-order chi connectivity index (χ1) is 10.2. The molecule has 1 atom stereocenters. The fourth-order valence-corrected chi connectivity index (χ4v) is 2.14. The SMILES string of the molecule is CCCOc1ccc(C(O)Cc2ncnn2CCC)cc1. The van der Waals surface area contributed by atoms with Crippen LogP contribution in [0.2, 0.25) is 0 Å². The molecule has 0 aliphatic heterocycles. The highest BCUT2D eigenvalue weighted by atomic mass is 16.5. The van der Waals surface area contributed by atoms with Gasteiger partial charge >= 0.3 is 0 Å². The first-order valence-electron chi connectivity index (χ1n) is 7.52. The van der Waals surface area contributed by atoms with E-state index in [1.807, 2.05) is 28.9 Å². The number of hydrogen-bond acceptors (Lipinski definition) is 4. The van der Waals surface area contributed by atoms with Crippen molar-refractivity contribution >= 4 is 0 Å². The van der Waals surface area contributed by atoms with Crippen molar-refractivity contribution in [2.24, 2.45) is 0 Å². The number of aliphatic hydroxyl groups is 1. The van der Waals surface area contributed by atoms with Crippen LogP contribution in [0.25, 0.3) is 0 Å².